The predicted molar refractivity (Wildman–Crippen MR) is 73.0 cm³/mol. The summed E-state index contributed by atoms with van der Waals surface area (Å²) in [7, 11) is 0. The first-order chi connectivity index (χ1) is 9.11. The number of aryl methyl sites for hydroxylation is 1. The molecule has 0 saturated heterocycles. The number of nitrogens with two attached hydrogens (primary N) is 1. The van der Waals surface area contributed by atoms with Crippen molar-refractivity contribution in [1.82, 2.24) is 0 Å². The number of nitrogens with one attached hydrogen (secondary N) is 1. The molecule has 0 aromatic heterocycles. The Hall–Kier alpha value is -1.94. The molecule has 0 aliphatic heterocycles. The lowest BCUT2D eigenvalue weighted by Gasteiger charge is -2.19. The van der Waals surface area contributed by atoms with E-state index in [1.54, 1.807) is 0 Å². The second-order valence-electron chi connectivity index (χ2n) is 4.44. The lowest BCUT2D eigenvalue weighted by atomic mass is 10.1. The van der Waals surface area contributed by atoms with Gasteiger partial charge in [0.2, 0.25) is 0 Å². The van der Waals surface area contributed by atoms with E-state index in [1.165, 1.54) is 12.1 Å². The number of hydrogen-bond donors (Lipinski definition) is 2. The van der Waals surface area contributed by atoms with Gasteiger partial charge in [-0.3, -0.25) is 0 Å². The van der Waals surface area contributed by atoms with Crippen LogP contribution in [0.25, 0.3) is 0 Å². The quantitative estimate of drug-likeness (QED) is 0.886. The molecule has 0 bridgehead atoms. The van der Waals surface area contributed by atoms with Gasteiger partial charge in [0, 0.05) is 17.8 Å². The van der Waals surface area contributed by atoms with Gasteiger partial charge in [0.05, 0.1) is 6.04 Å². The van der Waals surface area contributed by atoms with Crippen molar-refractivity contribution in [1.29, 1.82) is 0 Å². The smallest absolute Gasteiger partial charge is 0.164 e. The summed E-state index contributed by atoms with van der Waals surface area (Å²) in [5, 5.41) is 3.11. The van der Waals surface area contributed by atoms with Gasteiger partial charge >= 0.3 is 0 Å². The van der Waals surface area contributed by atoms with Gasteiger partial charge in [0.15, 0.2) is 11.6 Å². The zero-order valence-corrected chi connectivity index (χ0v) is 10.7. The zero-order valence-electron chi connectivity index (χ0n) is 10.7. The molecule has 2 nitrogen and oxygen atoms in total. The van der Waals surface area contributed by atoms with Gasteiger partial charge in [0.25, 0.3) is 0 Å². The highest BCUT2D eigenvalue weighted by atomic mass is 19.2. The van der Waals surface area contributed by atoms with E-state index >= 15 is 0 Å². The molecule has 0 aliphatic carbocycles. The Morgan fingerprint density at radius 3 is 2.42 bits per heavy atom. The molecular formula is C15H16F2N2. The van der Waals surface area contributed by atoms with Crippen molar-refractivity contribution < 1.29 is 8.78 Å². The third-order valence-electron chi connectivity index (χ3n) is 2.99. The number of benzene rings is 2. The molecule has 0 saturated carbocycles. The maximum atomic E-state index is 13.7. The van der Waals surface area contributed by atoms with E-state index in [9.17, 15) is 8.78 Å². The van der Waals surface area contributed by atoms with Gasteiger partial charge in [-0.15, -0.1) is 0 Å². The summed E-state index contributed by atoms with van der Waals surface area (Å²) < 4.78 is 27.0. The minimum Gasteiger partial charge on any atom is -0.377 e. The first-order valence-corrected chi connectivity index (χ1v) is 6.09. The Bertz CT molecular complexity index is 553. The second kappa shape index (κ2) is 5.80. The second-order valence-corrected chi connectivity index (χ2v) is 4.44. The topological polar surface area (TPSA) is 38.0 Å². The Labute approximate surface area is 111 Å². The van der Waals surface area contributed by atoms with Gasteiger partial charge in [0.1, 0.15) is 0 Å². The summed E-state index contributed by atoms with van der Waals surface area (Å²) in [6.07, 6.45) is 0. The highest BCUT2D eigenvalue weighted by molar-refractivity contribution is 5.47. The molecule has 2 aromatic carbocycles. The third-order valence-corrected chi connectivity index (χ3v) is 2.99. The van der Waals surface area contributed by atoms with Crippen LogP contribution in [0.15, 0.2) is 42.5 Å². The van der Waals surface area contributed by atoms with E-state index < -0.39 is 17.7 Å². The first kappa shape index (κ1) is 13.5. The molecule has 0 aliphatic rings. The summed E-state index contributed by atoms with van der Waals surface area (Å²) >= 11 is 0. The van der Waals surface area contributed by atoms with Crippen molar-refractivity contribution in [3.8, 4) is 0 Å². The third kappa shape index (κ3) is 3.09. The highest BCUT2D eigenvalue weighted by Crippen LogP contribution is 2.23. The molecule has 19 heavy (non-hydrogen) atoms. The van der Waals surface area contributed by atoms with Crippen LogP contribution in [0.4, 0.5) is 14.5 Å². The van der Waals surface area contributed by atoms with Crippen molar-refractivity contribution in [2.24, 2.45) is 5.73 Å². The van der Waals surface area contributed by atoms with Crippen LogP contribution in [0, 0.1) is 18.6 Å². The van der Waals surface area contributed by atoms with E-state index in [0.29, 0.717) is 0 Å². The summed E-state index contributed by atoms with van der Waals surface area (Å²) in [6, 6.07) is 11.3. The SMILES string of the molecule is Cc1ccc(NC(CN)c2cccc(F)c2F)cc1. The van der Waals surface area contributed by atoms with Crippen LogP contribution >= 0.6 is 0 Å². The van der Waals surface area contributed by atoms with E-state index in [1.807, 2.05) is 31.2 Å². The normalized spacial score (nSPS) is 12.2. The van der Waals surface area contributed by atoms with Crippen molar-refractivity contribution in [3.63, 3.8) is 0 Å². The molecule has 0 spiro atoms. The van der Waals surface area contributed by atoms with E-state index in [0.717, 1.165) is 17.3 Å². The minimum absolute atomic E-state index is 0.175. The van der Waals surface area contributed by atoms with Crippen molar-refractivity contribution in [3.05, 3.63) is 65.2 Å². The van der Waals surface area contributed by atoms with Crippen LogP contribution in [0.3, 0.4) is 0 Å². The molecule has 2 aromatic rings. The summed E-state index contributed by atoms with van der Waals surface area (Å²) in [5.41, 5.74) is 7.84. The highest BCUT2D eigenvalue weighted by Gasteiger charge is 2.16. The Kier molecular flexibility index (Phi) is 4.12. The van der Waals surface area contributed by atoms with E-state index in [-0.39, 0.29) is 12.1 Å². The van der Waals surface area contributed by atoms with E-state index in [4.69, 9.17) is 5.73 Å². The fraction of sp³-hybridized carbons (Fsp3) is 0.200. The monoisotopic (exact) mass is 262 g/mol. The molecule has 100 valence electrons. The molecule has 1 unspecified atom stereocenters. The number of anilines is 1. The van der Waals surface area contributed by atoms with Gasteiger partial charge in [-0.05, 0) is 25.1 Å². The summed E-state index contributed by atoms with van der Waals surface area (Å²) in [6.45, 7) is 2.16. The lowest BCUT2D eigenvalue weighted by molar-refractivity contribution is 0.492. The van der Waals surface area contributed by atoms with Gasteiger partial charge in [-0.25, -0.2) is 8.78 Å². The summed E-state index contributed by atoms with van der Waals surface area (Å²) in [4.78, 5) is 0. The zero-order chi connectivity index (χ0) is 13.8. The van der Waals surface area contributed by atoms with Crippen LogP contribution in [-0.2, 0) is 0 Å². The van der Waals surface area contributed by atoms with E-state index in [2.05, 4.69) is 5.32 Å². The van der Waals surface area contributed by atoms with Gasteiger partial charge in [-0.1, -0.05) is 29.8 Å². The number of rotatable bonds is 4. The van der Waals surface area contributed by atoms with Crippen LogP contribution in [-0.4, -0.2) is 6.54 Å². The molecule has 4 heteroatoms. The molecule has 0 fully saturated rings. The Morgan fingerprint density at radius 1 is 1.11 bits per heavy atom. The largest absolute Gasteiger partial charge is 0.377 e. The average molecular weight is 262 g/mol. The van der Waals surface area contributed by atoms with Crippen LogP contribution in [0.1, 0.15) is 17.2 Å². The molecule has 0 amide bonds. The summed E-state index contributed by atoms with van der Waals surface area (Å²) in [5.74, 6) is -1.71. The first-order valence-electron chi connectivity index (χ1n) is 6.09. The number of halogens is 2. The lowest BCUT2D eigenvalue weighted by Crippen LogP contribution is -2.22. The van der Waals surface area contributed by atoms with Crippen LogP contribution < -0.4 is 11.1 Å². The number of hydrogen-bond acceptors (Lipinski definition) is 2. The van der Waals surface area contributed by atoms with Gasteiger partial charge < -0.3 is 11.1 Å². The maximum Gasteiger partial charge on any atom is 0.164 e. The molecule has 0 heterocycles. The van der Waals surface area contributed by atoms with Crippen molar-refractivity contribution >= 4 is 5.69 Å². The van der Waals surface area contributed by atoms with Crippen molar-refractivity contribution in [2.45, 2.75) is 13.0 Å². The molecular weight excluding hydrogens is 246 g/mol. The average Bonchev–Trinajstić information content (AvgIpc) is 2.42. The molecule has 3 N–H and O–H groups in total. The standard InChI is InChI=1S/C15H16F2N2/c1-10-5-7-11(8-6-10)19-14(9-18)12-3-2-4-13(16)15(12)17/h2-8,14,19H,9,18H2,1H3. The fourth-order valence-electron chi connectivity index (χ4n) is 1.90. The molecule has 0 radical (unpaired) electrons. The van der Waals surface area contributed by atoms with Crippen LogP contribution in [0.2, 0.25) is 0 Å². The van der Waals surface area contributed by atoms with Gasteiger partial charge in [-0.2, -0.15) is 0 Å². The Morgan fingerprint density at radius 2 is 1.79 bits per heavy atom. The fourth-order valence-corrected chi connectivity index (χ4v) is 1.90. The minimum atomic E-state index is -0.860. The molecule has 1 atom stereocenters. The predicted octanol–water partition coefficient (Wildman–Crippen LogP) is 3.39. The maximum absolute atomic E-state index is 13.7. The van der Waals surface area contributed by atoms with Crippen LogP contribution in [0.5, 0.6) is 0 Å². The Balaban J connectivity index is 2.25. The molecule has 2 rings (SSSR count). The van der Waals surface area contributed by atoms with Crippen molar-refractivity contribution in [2.75, 3.05) is 11.9 Å².